The number of nitro groups is 1. The van der Waals surface area contributed by atoms with Gasteiger partial charge in [0, 0.05) is 17.7 Å². The van der Waals surface area contributed by atoms with E-state index in [0.29, 0.717) is 10.0 Å². The highest BCUT2D eigenvalue weighted by atomic mass is 79.9. The third-order valence-electron chi connectivity index (χ3n) is 2.28. The van der Waals surface area contributed by atoms with Crippen molar-refractivity contribution in [2.75, 3.05) is 0 Å². The van der Waals surface area contributed by atoms with Crippen LogP contribution in [0.3, 0.4) is 0 Å². The Balaban J connectivity index is 2.04. The summed E-state index contributed by atoms with van der Waals surface area (Å²) < 4.78 is 0.514. The molecule has 0 saturated carbocycles. The largest absolute Gasteiger partial charge is 0.290 e. The molecule has 0 spiro atoms. The number of amides is 1. The number of aromatic amines is 1. The standard InChI is InChI=1S/C11H8BrN5O3/c12-9-6-14-15-10(9)11(18)16-13-5-7-2-1-3-8(4-7)17(19)20/h1-6H,(H,14,15)(H,16,18)/b13-5-. The summed E-state index contributed by atoms with van der Waals surface area (Å²) in [7, 11) is 0. The molecule has 0 unspecified atom stereocenters. The van der Waals surface area contributed by atoms with E-state index in [-0.39, 0.29) is 11.4 Å². The second-order valence-corrected chi connectivity index (χ2v) is 4.50. The molecule has 0 aliphatic heterocycles. The predicted octanol–water partition coefficient (Wildman–Crippen LogP) is 1.84. The zero-order valence-electron chi connectivity index (χ0n) is 9.91. The van der Waals surface area contributed by atoms with Crippen LogP contribution >= 0.6 is 15.9 Å². The van der Waals surface area contributed by atoms with E-state index in [1.165, 1.54) is 30.6 Å². The smallest absolute Gasteiger partial charge is 0.272 e. The predicted molar refractivity (Wildman–Crippen MR) is 74.4 cm³/mol. The maximum Gasteiger partial charge on any atom is 0.290 e. The molecular weight excluding hydrogens is 330 g/mol. The molecule has 8 nitrogen and oxygen atoms in total. The Morgan fingerprint density at radius 1 is 1.55 bits per heavy atom. The Hall–Kier alpha value is -2.55. The van der Waals surface area contributed by atoms with Gasteiger partial charge in [-0.3, -0.25) is 20.0 Å². The van der Waals surface area contributed by atoms with Crippen LogP contribution in [-0.4, -0.2) is 27.2 Å². The fourth-order valence-corrected chi connectivity index (χ4v) is 1.74. The van der Waals surface area contributed by atoms with Gasteiger partial charge < -0.3 is 0 Å². The number of hydrogen-bond donors (Lipinski definition) is 2. The summed E-state index contributed by atoms with van der Waals surface area (Å²) in [6, 6.07) is 5.89. The molecule has 0 radical (unpaired) electrons. The summed E-state index contributed by atoms with van der Waals surface area (Å²) in [5, 5.41) is 20.5. The third-order valence-corrected chi connectivity index (χ3v) is 2.88. The minimum Gasteiger partial charge on any atom is -0.272 e. The molecule has 0 saturated heterocycles. The summed E-state index contributed by atoms with van der Waals surface area (Å²) in [6.07, 6.45) is 2.76. The quantitative estimate of drug-likeness (QED) is 0.503. The fourth-order valence-electron chi connectivity index (χ4n) is 1.37. The molecule has 9 heteroatoms. The van der Waals surface area contributed by atoms with Crippen molar-refractivity contribution in [3.63, 3.8) is 0 Å². The van der Waals surface area contributed by atoms with Gasteiger partial charge in [0.05, 0.1) is 21.8 Å². The second-order valence-electron chi connectivity index (χ2n) is 3.64. The van der Waals surface area contributed by atoms with Crippen molar-refractivity contribution < 1.29 is 9.72 Å². The maximum atomic E-state index is 11.7. The van der Waals surface area contributed by atoms with Gasteiger partial charge in [-0.1, -0.05) is 12.1 Å². The van der Waals surface area contributed by atoms with Gasteiger partial charge in [0.2, 0.25) is 0 Å². The first-order valence-electron chi connectivity index (χ1n) is 5.34. The number of nitro benzene ring substituents is 1. The fraction of sp³-hybridized carbons (Fsp3) is 0. The van der Waals surface area contributed by atoms with Crippen LogP contribution in [-0.2, 0) is 0 Å². The molecular formula is C11H8BrN5O3. The molecule has 1 aromatic heterocycles. The Morgan fingerprint density at radius 3 is 3.00 bits per heavy atom. The van der Waals surface area contributed by atoms with Crippen molar-refractivity contribution >= 4 is 33.7 Å². The number of nitrogens with one attached hydrogen (secondary N) is 2. The number of carbonyl (C=O) groups is 1. The van der Waals surface area contributed by atoms with E-state index >= 15 is 0 Å². The highest BCUT2D eigenvalue weighted by molar-refractivity contribution is 9.10. The molecule has 2 rings (SSSR count). The SMILES string of the molecule is O=C(N/N=C\c1cccc([N+](=O)[O-])c1)c1[nH]ncc1Br. The van der Waals surface area contributed by atoms with E-state index in [4.69, 9.17) is 0 Å². The average molecular weight is 338 g/mol. The van der Waals surface area contributed by atoms with Crippen LogP contribution in [0.5, 0.6) is 0 Å². The number of nitrogens with zero attached hydrogens (tertiary/aromatic N) is 3. The van der Waals surface area contributed by atoms with Gasteiger partial charge in [-0.05, 0) is 15.9 Å². The van der Waals surface area contributed by atoms with Crippen LogP contribution in [0.4, 0.5) is 5.69 Å². The normalized spacial score (nSPS) is 10.7. The molecule has 0 atom stereocenters. The number of halogens is 1. The van der Waals surface area contributed by atoms with E-state index < -0.39 is 10.8 Å². The number of non-ortho nitro benzene ring substituents is 1. The number of hydrogen-bond acceptors (Lipinski definition) is 5. The van der Waals surface area contributed by atoms with Gasteiger partial charge in [-0.2, -0.15) is 10.2 Å². The van der Waals surface area contributed by atoms with Crippen LogP contribution in [0.15, 0.2) is 40.0 Å². The van der Waals surface area contributed by atoms with Crippen LogP contribution in [0.2, 0.25) is 0 Å². The molecule has 0 aliphatic carbocycles. The average Bonchev–Trinajstić information content (AvgIpc) is 2.85. The summed E-state index contributed by atoms with van der Waals surface area (Å²) in [5.41, 5.74) is 2.98. The van der Waals surface area contributed by atoms with E-state index in [1.807, 2.05) is 0 Å². The van der Waals surface area contributed by atoms with E-state index in [9.17, 15) is 14.9 Å². The Morgan fingerprint density at radius 2 is 2.35 bits per heavy atom. The van der Waals surface area contributed by atoms with Crippen molar-refractivity contribution in [1.82, 2.24) is 15.6 Å². The lowest BCUT2D eigenvalue weighted by Crippen LogP contribution is -2.18. The first-order valence-corrected chi connectivity index (χ1v) is 6.14. The summed E-state index contributed by atoms with van der Waals surface area (Å²) in [5.74, 6) is -0.476. The molecule has 20 heavy (non-hydrogen) atoms. The Kier molecular flexibility index (Phi) is 4.20. The Labute approximate surface area is 121 Å². The summed E-state index contributed by atoms with van der Waals surface area (Å²) >= 11 is 3.15. The van der Waals surface area contributed by atoms with Crippen LogP contribution in [0, 0.1) is 10.1 Å². The summed E-state index contributed by atoms with van der Waals surface area (Å²) in [6.45, 7) is 0. The molecule has 0 fully saturated rings. The maximum absolute atomic E-state index is 11.7. The van der Waals surface area contributed by atoms with Crippen molar-refractivity contribution in [3.8, 4) is 0 Å². The van der Waals surface area contributed by atoms with Crippen molar-refractivity contribution in [3.05, 3.63) is 56.3 Å². The zero-order valence-corrected chi connectivity index (χ0v) is 11.5. The number of aromatic nitrogens is 2. The highest BCUT2D eigenvalue weighted by Crippen LogP contribution is 2.12. The van der Waals surface area contributed by atoms with Crippen molar-refractivity contribution in [2.45, 2.75) is 0 Å². The highest BCUT2D eigenvalue weighted by Gasteiger charge is 2.10. The molecule has 2 N–H and O–H groups in total. The molecule has 1 heterocycles. The lowest BCUT2D eigenvalue weighted by atomic mass is 10.2. The molecule has 102 valence electrons. The first kappa shape index (κ1) is 13.9. The van der Waals surface area contributed by atoms with Gasteiger partial charge in [0.25, 0.3) is 11.6 Å². The van der Waals surface area contributed by atoms with Gasteiger partial charge in [0.15, 0.2) is 0 Å². The molecule has 0 aliphatic rings. The van der Waals surface area contributed by atoms with Crippen LogP contribution in [0.25, 0.3) is 0 Å². The van der Waals surface area contributed by atoms with Gasteiger partial charge in [-0.15, -0.1) is 0 Å². The topological polar surface area (TPSA) is 113 Å². The van der Waals surface area contributed by atoms with Crippen LogP contribution in [0.1, 0.15) is 16.1 Å². The number of rotatable bonds is 4. The Bertz CT molecular complexity index is 682. The summed E-state index contributed by atoms with van der Waals surface area (Å²) in [4.78, 5) is 21.8. The molecule has 2 aromatic rings. The minimum absolute atomic E-state index is 0.0448. The third kappa shape index (κ3) is 3.26. The van der Waals surface area contributed by atoms with Gasteiger partial charge >= 0.3 is 0 Å². The number of benzene rings is 1. The lowest BCUT2D eigenvalue weighted by molar-refractivity contribution is -0.384. The monoisotopic (exact) mass is 337 g/mol. The van der Waals surface area contributed by atoms with Gasteiger partial charge in [0.1, 0.15) is 5.69 Å². The first-order chi connectivity index (χ1) is 9.58. The molecule has 1 aromatic carbocycles. The van der Waals surface area contributed by atoms with Crippen molar-refractivity contribution in [1.29, 1.82) is 0 Å². The van der Waals surface area contributed by atoms with Gasteiger partial charge in [-0.25, -0.2) is 5.43 Å². The number of carbonyl (C=O) groups excluding carboxylic acids is 1. The second kappa shape index (κ2) is 6.06. The minimum atomic E-state index is -0.502. The van der Waals surface area contributed by atoms with Crippen LogP contribution < -0.4 is 5.43 Å². The zero-order chi connectivity index (χ0) is 14.5. The number of H-pyrrole nitrogens is 1. The van der Waals surface area contributed by atoms with E-state index in [1.54, 1.807) is 6.07 Å². The van der Waals surface area contributed by atoms with E-state index in [0.717, 1.165) is 0 Å². The van der Waals surface area contributed by atoms with E-state index in [2.05, 4.69) is 36.7 Å². The van der Waals surface area contributed by atoms with Crippen molar-refractivity contribution in [2.24, 2.45) is 5.10 Å². The molecule has 1 amide bonds. The molecule has 0 bridgehead atoms. The lowest BCUT2D eigenvalue weighted by Gasteiger charge is -1.97. The number of hydrazone groups is 1.